The number of imidazole rings is 1. The molecule has 198 valence electrons. The largest absolute Gasteiger partial charge is 0.397 e. The molecule has 1 aliphatic heterocycles. The van der Waals surface area contributed by atoms with Gasteiger partial charge in [0, 0.05) is 62.3 Å². The zero-order valence-corrected chi connectivity index (χ0v) is 21.2. The van der Waals surface area contributed by atoms with Gasteiger partial charge in [-0.05, 0) is 49.7 Å². The van der Waals surface area contributed by atoms with Crippen LogP contribution in [0.3, 0.4) is 0 Å². The monoisotopic (exact) mass is 523 g/mol. The van der Waals surface area contributed by atoms with Crippen molar-refractivity contribution in [3.05, 3.63) is 71.2 Å². The second-order valence-corrected chi connectivity index (χ2v) is 9.64. The van der Waals surface area contributed by atoms with E-state index >= 15 is 0 Å². The smallest absolute Gasteiger partial charge is 0.342 e. The Morgan fingerprint density at radius 1 is 1.00 bits per heavy atom. The molecule has 0 unspecified atom stereocenters. The van der Waals surface area contributed by atoms with Gasteiger partial charge in [-0.3, -0.25) is 14.7 Å². The molecule has 0 radical (unpaired) electrons. The summed E-state index contributed by atoms with van der Waals surface area (Å²) in [4.78, 5) is 36.8. The summed E-state index contributed by atoms with van der Waals surface area (Å²) >= 11 is 0. The highest BCUT2D eigenvalue weighted by Crippen LogP contribution is 2.24. The van der Waals surface area contributed by atoms with Crippen molar-refractivity contribution in [2.45, 2.75) is 39.4 Å². The van der Waals surface area contributed by atoms with E-state index in [4.69, 9.17) is 4.98 Å². The van der Waals surface area contributed by atoms with Crippen LogP contribution in [-0.2, 0) is 17.8 Å². The van der Waals surface area contributed by atoms with Gasteiger partial charge in [-0.2, -0.15) is 13.2 Å². The van der Waals surface area contributed by atoms with Gasteiger partial charge in [0.1, 0.15) is 18.1 Å². The summed E-state index contributed by atoms with van der Waals surface area (Å²) < 4.78 is 37.6. The fourth-order valence-corrected chi connectivity index (χ4v) is 4.76. The molecule has 1 N–H and O–H groups in total. The lowest BCUT2D eigenvalue weighted by molar-refractivity contribution is -0.162. The molecule has 0 bridgehead atoms. The molecule has 0 aliphatic carbocycles. The summed E-state index contributed by atoms with van der Waals surface area (Å²) in [5, 5.41) is 0. The second-order valence-electron chi connectivity index (χ2n) is 9.64. The number of fused-ring (bicyclic) bond motifs is 1. The number of nitrogens with zero attached hydrogens (tertiary/aromatic N) is 6. The lowest BCUT2D eigenvalue weighted by atomic mass is 10.1. The molecule has 4 heterocycles. The lowest BCUT2D eigenvalue weighted by Gasteiger charge is -2.35. The highest BCUT2D eigenvalue weighted by Gasteiger charge is 2.34. The van der Waals surface area contributed by atoms with Crippen molar-refractivity contribution in [3.63, 3.8) is 0 Å². The van der Waals surface area contributed by atoms with Gasteiger partial charge in [0.05, 0.1) is 16.7 Å². The molecule has 1 fully saturated rings. The second kappa shape index (κ2) is 10.5. The quantitative estimate of drug-likeness (QED) is 0.407. The van der Waals surface area contributed by atoms with E-state index in [9.17, 15) is 18.0 Å². The summed E-state index contributed by atoms with van der Waals surface area (Å²) in [5.74, 6) is 0.672. The first-order valence-corrected chi connectivity index (χ1v) is 12.4. The van der Waals surface area contributed by atoms with E-state index in [0.717, 1.165) is 50.9 Å². The van der Waals surface area contributed by atoms with Gasteiger partial charge in [0.15, 0.2) is 0 Å². The molecule has 5 rings (SSSR count). The first-order chi connectivity index (χ1) is 18.1. The number of aromatic amines is 1. The van der Waals surface area contributed by atoms with E-state index in [1.807, 2.05) is 50.2 Å². The fraction of sp³-hybridized carbons (Fsp3) is 0.370. The minimum absolute atomic E-state index is 0.294. The Bertz CT molecular complexity index is 1440. The van der Waals surface area contributed by atoms with Crippen LogP contribution in [0.5, 0.6) is 0 Å². The highest BCUT2D eigenvalue weighted by molar-refractivity contribution is 5.81. The van der Waals surface area contributed by atoms with Gasteiger partial charge in [-0.1, -0.05) is 6.07 Å². The number of hydrogen-bond donors (Lipinski definition) is 1. The summed E-state index contributed by atoms with van der Waals surface area (Å²) in [6.45, 7) is 6.11. The van der Waals surface area contributed by atoms with Crippen LogP contribution >= 0.6 is 0 Å². The van der Waals surface area contributed by atoms with E-state index in [2.05, 4.69) is 24.8 Å². The number of carbonyl (C=O) groups is 1. The van der Waals surface area contributed by atoms with Crippen LogP contribution in [0.15, 0.2) is 42.6 Å². The number of pyridine rings is 1. The first kappa shape index (κ1) is 25.8. The van der Waals surface area contributed by atoms with Gasteiger partial charge in [-0.15, -0.1) is 0 Å². The third kappa shape index (κ3) is 6.34. The molecule has 0 saturated carbocycles. The van der Waals surface area contributed by atoms with Crippen LogP contribution in [0.25, 0.3) is 22.3 Å². The number of aromatic nitrogens is 5. The van der Waals surface area contributed by atoms with Gasteiger partial charge >= 0.3 is 6.18 Å². The molecule has 11 heteroatoms. The number of amides is 1. The number of piperazine rings is 1. The maximum absolute atomic E-state index is 12.5. The van der Waals surface area contributed by atoms with Crippen molar-refractivity contribution < 1.29 is 18.0 Å². The number of alkyl halides is 3. The maximum atomic E-state index is 12.5. The van der Waals surface area contributed by atoms with Crippen LogP contribution < -0.4 is 0 Å². The maximum Gasteiger partial charge on any atom is 0.397 e. The van der Waals surface area contributed by atoms with E-state index in [1.54, 1.807) is 6.20 Å². The van der Waals surface area contributed by atoms with Crippen LogP contribution in [0, 0.1) is 13.8 Å². The van der Waals surface area contributed by atoms with Crippen molar-refractivity contribution >= 4 is 16.9 Å². The van der Waals surface area contributed by atoms with Gasteiger partial charge in [0.2, 0.25) is 5.91 Å². The van der Waals surface area contributed by atoms with Gasteiger partial charge < -0.3 is 9.88 Å². The third-order valence-electron chi connectivity index (χ3n) is 6.51. The number of nitrogens with one attached hydrogen (secondary N) is 1. The molecule has 0 atom stereocenters. The van der Waals surface area contributed by atoms with Gasteiger partial charge in [-0.25, -0.2) is 15.0 Å². The molecule has 1 aromatic carbocycles. The molecular formula is C27H28F3N7O. The average molecular weight is 524 g/mol. The average Bonchev–Trinajstić information content (AvgIpc) is 3.24. The Morgan fingerprint density at radius 3 is 2.53 bits per heavy atom. The number of carbonyl (C=O) groups excluding carboxylic acids is 1. The molecule has 8 nitrogen and oxygen atoms in total. The molecule has 1 amide bonds. The number of rotatable bonds is 6. The summed E-state index contributed by atoms with van der Waals surface area (Å²) in [6.07, 6.45) is -3.58. The Hall–Kier alpha value is -3.86. The lowest BCUT2D eigenvalue weighted by Crippen LogP contribution is -2.49. The Kier molecular flexibility index (Phi) is 7.11. The van der Waals surface area contributed by atoms with Gasteiger partial charge in [0.25, 0.3) is 0 Å². The minimum atomic E-state index is -4.47. The molecule has 4 aromatic rings. The SMILES string of the molecule is Cc1cc(-c2ccc3nc(Cc4cc(CN5CCN(C(=O)CC(F)(F)F)CC5)ccn4)[nH]c3c2)nc(C)n1. The predicted octanol–water partition coefficient (Wildman–Crippen LogP) is 4.22. The third-order valence-corrected chi connectivity index (χ3v) is 6.51. The Labute approximate surface area is 218 Å². The molecule has 0 spiro atoms. The van der Waals surface area contributed by atoms with Crippen molar-refractivity contribution in [3.8, 4) is 11.3 Å². The van der Waals surface area contributed by atoms with Crippen LogP contribution in [0.4, 0.5) is 13.2 Å². The van der Waals surface area contributed by atoms with E-state index in [0.29, 0.717) is 39.1 Å². The van der Waals surface area contributed by atoms with Crippen molar-refractivity contribution in [2.24, 2.45) is 0 Å². The Balaban J connectivity index is 1.22. The number of aryl methyl sites for hydroxylation is 2. The van der Waals surface area contributed by atoms with Crippen molar-refractivity contribution in [1.29, 1.82) is 0 Å². The topological polar surface area (TPSA) is 90.9 Å². The minimum Gasteiger partial charge on any atom is -0.342 e. The van der Waals surface area contributed by atoms with Crippen LogP contribution in [-0.4, -0.2) is 73.0 Å². The van der Waals surface area contributed by atoms with E-state index < -0.39 is 18.5 Å². The summed E-state index contributed by atoms with van der Waals surface area (Å²) in [6, 6.07) is 11.9. The molecule has 1 aliphatic rings. The zero-order valence-electron chi connectivity index (χ0n) is 21.2. The molecule has 3 aromatic heterocycles. The number of H-pyrrole nitrogens is 1. The van der Waals surface area contributed by atoms with Crippen LogP contribution in [0.2, 0.25) is 0 Å². The van der Waals surface area contributed by atoms with E-state index in [-0.39, 0.29) is 0 Å². The highest BCUT2D eigenvalue weighted by atomic mass is 19.4. The number of benzene rings is 1. The zero-order chi connectivity index (χ0) is 26.9. The van der Waals surface area contributed by atoms with Crippen molar-refractivity contribution in [2.75, 3.05) is 26.2 Å². The van der Waals surface area contributed by atoms with Crippen LogP contribution in [0.1, 0.15) is 35.0 Å². The summed E-state index contributed by atoms with van der Waals surface area (Å²) in [5.41, 5.74) is 6.47. The van der Waals surface area contributed by atoms with Crippen molar-refractivity contribution in [1.82, 2.24) is 34.7 Å². The molecular weight excluding hydrogens is 495 g/mol. The first-order valence-electron chi connectivity index (χ1n) is 12.4. The molecule has 38 heavy (non-hydrogen) atoms. The summed E-state index contributed by atoms with van der Waals surface area (Å²) in [7, 11) is 0. The van der Waals surface area contributed by atoms with E-state index in [1.165, 1.54) is 4.90 Å². The number of hydrogen-bond acceptors (Lipinski definition) is 6. The standard InChI is InChI=1S/C27H28F3N7O/c1-17-11-23(33-18(2)32-17)20-3-4-22-24(13-20)35-25(34-22)14-21-12-19(5-6-31-21)16-36-7-9-37(10-8-36)26(38)15-27(28,29)30/h3-6,11-13H,7-10,14-16H2,1-2H3,(H,34,35). The number of halogens is 3. The normalized spacial score (nSPS) is 14.8. The Morgan fingerprint density at radius 2 is 1.79 bits per heavy atom. The molecule has 1 saturated heterocycles. The fourth-order valence-electron chi connectivity index (χ4n) is 4.76. The predicted molar refractivity (Wildman–Crippen MR) is 136 cm³/mol.